The molecule has 1 aromatic carbocycles. The van der Waals surface area contributed by atoms with Crippen LogP contribution in [0.4, 0.5) is 0 Å². The fourth-order valence-electron chi connectivity index (χ4n) is 2.87. The summed E-state index contributed by atoms with van der Waals surface area (Å²) in [5.74, 6) is 2.58. The average Bonchev–Trinajstić information content (AvgIpc) is 3.04. The summed E-state index contributed by atoms with van der Waals surface area (Å²) >= 11 is 0. The third-order valence-electron chi connectivity index (χ3n) is 4.18. The molecule has 1 N–H and O–H groups in total. The molecule has 0 saturated carbocycles. The first-order valence-corrected chi connectivity index (χ1v) is 8.45. The summed E-state index contributed by atoms with van der Waals surface area (Å²) < 4.78 is 5.24. The van der Waals surface area contributed by atoms with Crippen LogP contribution in [-0.2, 0) is 0 Å². The van der Waals surface area contributed by atoms with Gasteiger partial charge in [-0.25, -0.2) is 0 Å². The van der Waals surface area contributed by atoms with Crippen molar-refractivity contribution < 1.29 is 4.74 Å². The molecule has 0 aromatic heterocycles. The van der Waals surface area contributed by atoms with Gasteiger partial charge in [0.15, 0.2) is 5.96 Å². The summed E-state index contributed by atoms with van der Waals surface area (Å²) in [6.45, 7) is 8.31. The number of unbranched alkanes of at least 4 members (excludes halogenated alkanes) is 1. The average molecular weight is 303 g/mol. The molecule has 0 aliphatic carbocycles. The van der Waals surface area contributed by atoms with Gasteiger partial charge >= 0.3 is 0 Å². The number of nitrogens with one attached hydrogen (secondary N) is 1. The van der Waals surface area contributed by atoms with Crippen LogP contribution < -0.4 is 10.1 Å². The minimum atomic E-state index is 0.584. The van der Waals surface area contributed by atoms with E-state index in [1.165, 1.54) is 18.4 Å². The van der Waals surface area contributed by atoms with Gasteiger partial charge in [0.2, 0.25) is 0 Å². The molecule has 2 rings (SSSR count). The van der Waals surface area contributed by atoms with E-state index < -0.39 is 0 Å². The number of benzene rings is 1. The van der Waals surface area contributed by atoms with Crippen LogP contribution in [0.5, 0.6) is 5.75 Å². The highest BCUT2D eigenvalue weighted by molar-refractivity contribution is 5.80. The minimum Gasteiger partial charge on any atom is -0.497 e. The van der Waals surface area contributed by atoms with Crippen molar-refractivity contribution in [3.05, 3.63) is 29.8 Å². The Kier molecular flexibility index (Phi) is 6.56. The molecular weight excluding hydrogens is 274 g/mol. The van der Waals surface area contributed by atoms with Crippen molar-refractivity contribution in [1.82, 2.24) is 10.2 Å². The van der Waals surface area contributed by atoms with E-state index >= 15 is 0 Å². The van der Waals surface area contributed by atoms with E-state index in [4.69, 9.17) is 9.73 Å². The molecule has 0 radical (unpaired) electrons. The lowest BCUT2D eigenvalue weighted by Gasteiger charge is -2.21. The molecule has 0 spiro atoms. The Morgan fingerprint density at radius 3 is 2.73 bits per heavy atom. The zero-order chi connectivity index (χ0) is 15.8. The van der Waals surface area contributed by atoms with Crippen molar-refractivity contribution in [3.8, 4) is 5.75 Å². The molecule has 1 aromatic rings. The van der Waals surface area contributed by atoms with E-state index in [1.807, 2.05) is 0 Å². The van der Waals surface area contributed by atoms with Gasteiger partial charge in [-0.15, -0.1) is 0 Å². The van der Waals surface area contributed by atoms with Crippen LogP contribution in [0.15, 0.2) is 29.3 Å². The van der Waals surface area contributed by atoms with Crippen LogP contribution in [0.25, 0.3) is 0 Å². The summed E-state index contributed by atoms with van der Waals surface area (Å²) in [5.41, 5.74) is 1.40. The maximum Gasteiger partial charge on any atom is 0.193 e. The number of nitrogens with zero attached hydrogens (tertiary/aromatic N) is 2. The molecule has 1 atom stereocenters. The second-order valence-electron chi connectivity index (χ2n) is 5.79. The number of hydrogen-bond acceptors (Lipinski definition) is 2. The molecule has 0 bridgehead atoms. The standard InChI is InChI=1S/C18H29N3O/c1-4-6-12-20-18(19-5-2)21-13-11-16(14-21)15-7-9-17(22-3)10-8-15/h7-10,16H,4-6,11-14H2,1-3H3,(H,19,20). The van der Waals surface area contributed by atoms with Crippen molar-refractivity contribution in [2.75, 3.05) is 33.3 Å². The second-order valence-corrected chi connectivity index (χ2v) is 5.79. The van der Waals surface area contributed by atoms with Crippen LogP contribution >= 0.6 is 0 Å². The lowest BCUT2D eigenvalue weighted by molar-refractivity contribution is 0.414. The van der Waals surface area contributed by atoms with Gasteiger partial charge in [-0.3, -0.25) is 4.99 Å². The maximum atomic E-state index is 5.24. The summed E-state index contributed by atoms with van der Waals surface area (Å²) in [4.78, 5) is 7.15. The smallest absolute Gasteiger partial charge is 0.193 e. The molecule has 1 aliphatic heterocycles. The SMILES string of the molecule is CCCCN=C(NCC)N1CCC(c2ccc(OC)cc2)C1. The largest absolute Gasteiger partial charge is 0.497 e. The van der Waals surface area contributed by atoms with E-state index in [0.717, 1.165) is 44.3 Å². The molecule has 4 heteroatoms. The zero-order valence-electron chi connectivity index (χ0n) is 14.1. The highest BCUT2D eigenvalue weighted by Gasteiger charge is 2.25. The predicted molar refractivity (Wildman–Crippen MR) is 92.8 cm³/mol. The Morgan fingerprint density at radius 2 is 2.09 bits per heavy atom. The molecule has 1 fully saturated rings. The first-order valence-electron chi connectivity index (χ1n) is 8.45. The quantitative estimate of drug-likeness (QED) is 0.498. The molecule has 1 unspecified atom stereocenters. The van der Waals surface area contributed by atoms with Gasteiger partial charge in [0, 0.05) is 32.1 Å². The van der Waals surface area contributed by atoms with Crippen molar-refractivity contribution in [1.29, 1.82) is 0 Å². The molecule has 1 heterocycles. The lowest BCUT2D eigenvalue weighted by Crippen LogP contribution is -2.40. The van der Waals surface area contributed by atoms with Crippen LogP contribution in [0.2, 0.25) is 0 Å². The number of likely N-dealkylation sites (tertiary alicyclic amines) is 1. The zero-order valence-corrected chi connectivity index (χ0v) is 14.1. The van der Waals surface area contributed by atoms with Crippen molar-refractivity contribution in [2.45, 2.75) is 39.0 Å². The van der Waals surface area contributed by atoms with Gasteiger partial charge in [-0.05, 0) is 37.5 Å². The van der Waals surface area contributed by atoms with Gasteiger partial charge < -0.3 is 15.0 Å². The number of hydrogen-bond donors (Lipinski definition) is 1. The van der Waals surface area contributed by atoms with E-state index in [1.54, 1.807) is 7.11 Å². The Labute approximate surface area is 134 Å². The summed E-state index contributed by atoms with van der Waals surface area (Å²) in [7, 11) is 1.71. The fourth-order valence-corrected chi connectivity index (χ4v) is 2.87. The topological polar surface area (TPSA) is 36.9 Å². The summed E-state index contributed by atoms with van der Waals surface area (Å²) in [6, 6.07) is 8.49. The molecule has 1 saturated heterocycles. The Bertz CT molecular complexity index is 470. The first kappa shape index (κ1) is 16.7. The Hall–Kier alpha value is -1.71. The molecule has 122 valence electrons. The van der Waals surface area contributed by atoms with Crippen LogP contribution in [0.1, 0.15) is 44.6 Å². The lowest BCUT2D eigenvalue weighted by atomic mass is 9.98. The van der Waals surface area contributed by atoms with E-state index in [2.05, 4.69) is 48.3 Å². The monoisotopic (exact) mass is 303 g/mol. The van der Waals surface area contributed by atoms with Crippen molar-refractivity contribution in [2.24, 2.45) is 4.99 Å². The van der Waals surface area contributed by atoms with Crippen LogP contribution in [0.3, 0.4) is 0 Å². The minimum absolute atomic E-state index is 0.584. The summed E-state index contributed by atoms with van der Waals surface area (Å²) in [6.07, 6.45) is 3.53. The van der Waals surface area contributed by atoms with Gasteiger partial charge in [0.05, 0.1) is 7.11 Å². The number of methoxy groups -OCH3 is 1. The van der Waals surface area contributed by atoms with E-state index in [9.17, 15) is 0 Å². The van der Waals surface area contributed by atoms with E-state index in [-0.39, 0.29) is 0 Å². The number of rotatable bonds is 6. The molecular formula is C18H29N3O. The van der Waals surface area contributed by atoms with Crippen LogP contribution in [0, 0.1) is 0 Å². The van der Waals surface area contributed by atoms with Gasteiger partial charge in [0.25, 0.3) is 0 Å². The molecule has 0 amide bonds. The second kappa shape index (κ2) is 8.66. The van der Waals surface area contributed by atoms with Gasteiger partial charge in [-0.2, -0.15) is 0 Å². The third-order valence-corrected chi connectivity index (χ3v) is 4.18. The fraction of sp³-hybridized carbons (Fsp3) is 0.611. The highest BCUT2D eigenvalue weighted by atomic mass is 16.5. The molecule has 1 aliphatic rings. The normalized spacial score (nSPS) is 18.6. The van der Waals surface area contributed by atoms with E-state index in [0.29, 0.717) is 5.92 Å². The Balaban J connectivity index is 1.98. The van der Waals surface area contributed by atoms with Gasteiger partial charge in [0.1, 0.15) is 5.75 Å². The van der Waals surface area contributed by atoms with Crippen molar-refractivity contribution >= 4 is 5.96 Å². The molecule has 22 heavy (non-hydrogen) atoms. The number of guanidine groups is 1. The Morgan fingerprint density at radius 1 is 1.32 bits per heavy atom. The maximum absolute atomic E-state index is 5.24. The highest BCUT2D eigenvalue weighted by Crippen LogP contribution is 2.28. The summed E-state index contributed by atoms with van der Waals surface area (Å²) in [5, 5.41) is 3.43. The number of ether oxygens (including phenoxy) is 1. The van der Waals surface area contributed by atoms with Crippen molar-refractivity contribution in [3.63, 3.8) is 0 Å². The molecule has 4 nitrogen and oxygen atoms in total. The third kappa shape index (κ3) is 4.39. The van der Waals surface area contributed by atoms with Crippen LogP contribution in [-0.4, -0.2) is 44.1 Å². The number of aliphatic imine (C=N–C) groups is 1. The first-order chi connectivity index (χ1) is 10.8. The van der Waals surface area contributed by atoms with Gasteiger partial charge in [-0.1, -0.05) is 25.5 Å². The predicted octanol–water partition coefficient (Wildman–Crippen LogP) is 3.25.